The normalized spacial score (nSPS) is 19.9. The molecule has 98 valence electrons. The fourth-order valence-electron chi connectivity index (χ4n) is 2.37. The number of hydrogen-bond donors (Lipinski definition) is 1. The average molecular weight is 260 g/mol. The molecule has 2 atom stereocenters. The average Bonchev–Trinajstić information content (AvgIpc) is 2.49. The molecule has 2 aromatic carbocycles. The summed E-state index contributed by atoms with van der Waals surface area (Å²) in [7, 11) is 0. The molecule has 1 nitrogen and oxygen atoms in total. The van der Waals surface area contributed by atoms with Gasteiger partial charge in [-0.25, -0.2) is 0 Å². The van der Waals surface area contributed by atoms with E-state index < -0.39 is 6.10 Å². The maximum atomic E-state index is 10.4. The van der Waals surface area contributed by atoms with Gasteiger partial charge in [0.25, 0.3) is 0 Å². The Labute approximate surface area is 119 Å². The highest BCUT2D eigenvalue weighted by Crippen LogP contribution is 2.31. The van der Waals surface area contributed by atoms with Crippen LogP contribution in [-0.4, -0.2) is 5.11 Å². The summed E-state index contributed by atoms with van der Waals surface area (Å²) in [4.78, 5) is 0. The van der Waals surface area contributed by atoms with Gasteiger partial charge in [0.2, 0.25) is 0 Å². The lowest BCUT2D eigenvalue weighted by Crippen LogP contribution is -2.13. The van der Waals surface area contributed by atoms with Crippen LogP contribution in [0.1, 0.15) is 28.4 Å². The highest BCUT2D eigenvalue weighted by Gasteiger charge is 2.21. The fraction of sp³-hybridized carbons (Fsp3) is 0.158. The Morgan fingerprint density at radius 2 is 1.75 bits per heavy atom. The minimum Gasteiger partial charge on any atom is -0.387 e. The van der Waals surface area contributed by atoms with E-state index in [1.54, 1.807) is 0 Å². The van der Waals surface area contributed by atoms with Crippen LogP contribution in [0.25, 0.3) is 6.08 Å². The van der Waals surface area contributed by atoms with Crippen molar-refractivity contribution in [1.29, 1.82) is 0 Å². The Morgan fingerprint density at radius 1 is 1.00 bits per heavy atom. The van der Waals surface area contributed by atoms with Crippen LogP contribution >= 0.6 is 0 Å². The van der Waals surface area contributed by atoms with Gasteiger partial charge in [-0.15, -0.1) is 0 Å². The van der Waals surface area contributed by atoms with Gasteiger partial charge in [-0.3, -0.25) is 0 Å². The molecule has 1 aliphatic carbocycles. The molecule has 0 heterocycles. The Bertz CT molecular complexity index is 699. The lowest BCUT2D eigenvalue weighted by Gasteiger charge is -2.21. The van der Waals surface area contributed by atoms with Gasteiger partial charge >= 0.3 is 0 Å². The molecule has 0 radical (unpaired) electrons. The standard InChI is InChI=1S/C19H16O/c1-14-6-8-15(9-7-14)10-11-17-13-12-16-4-2-3-5-18(16)19(17)20/h2-9,12-13,17,19-20H,1H3/t17-,19-/m0/s1. The van der Waals surface area contributed by atoms with E-state index in [2.05, 4.69) is 18.8 Å². The quantitative estimate of drug-likeness (QED) is 0.716. The molecule has 20 heavy (non-hydrogen) atoms. The van der Waals surface area contributed by atoms with Crippen molar-refractivity contribution >= 4 is 6.08 Å². The zero-order valence-corrected chi connectivity index (χ0v) is 11.4. The number of fused-ring (bicyclic) bond motifs is 1. The predicted octanol–water partition coefficient (Wildman–Crippen LogP) is 3.72. The van der Waals surface area contributed by atoms with Gasteiger partial charge in [-0.1, -0.05) is 66.0 Å². The van der Waals surface area contributed by atoms with E-state index in [1.807, 2.05) is 60.7 Å². The topological polar surface area (TPSA) is 20.2 Å². The monoisotopic (exact) mass is 260 g/mol. The van der Waals surface area contributed by atoms with Crippen LogP contribution in [0.4, 0.5) is 0 Å². The Morgan fingerprint density at radius 3 is 2.55 bits per heavy atom. The van der Waals surface area contributed by atoms with E-state index >= 15 is 0 Å². The zero-order valence-electron chi connectivity index (χ0n) is 11.4. The highest BCUT2D eigenvalue weighted by atomic mass is 16.3. The number of rotatable bonds is 0. The Balaban J connectivity index is 1.86. The van der Waals surface area contributed by atoms with Crippen LogP contribution < -0.4 is 0 Å². The van der Waals surface area contributed by atoms with Crippen LogP contribution in [0, 0.1) is 24.7 Å². The summed E-state index contributed by atoms with van der Waals surface area (Å²) in [6.45, 7) is 2.06. The molecule has 0 fully saturated rings. The van der Waals surface area contributed by atoms with E-state index in [0.717, 1.165) is 16.7 Å². The lowest BCUT2D eigenvalue weighted by atomic mass is 9.87. The number of benzene rings is 2. The third kappa shape index (κ3) is 2.52. The second kappa shape index (κ2) is 5.36. The molecule has 1 N–H and O–H groups in total. The van der Waals surface area contributed by atoms with Crippen LogP contribution in [0.15, 0.2) is 54.6 Å². The summed E-state index contributed by atoms with van der Waals surface area (Å²) in [6.07, 6.45) is 3.47. The van der Waals surface area contributed by atoms with E-state index in [1.165, 1.54) is 5.56 Å². The predicted molar refractivity (Wildman–Crippen MR) is 82.0 cm³/mol. The number of hydrogen-bond acceptors (Lipinski definition) is 1. The molecular weight excluding hydrogens is 244 g/mol. The van der Waals surface area contributed by atoms with Crippen molar-refractivity contribution in [3.8, 4) is 11.8 Å². The largest absolute Gasteiger partial charge is 0.387 e. The molecule has 1 heteroatoms. The van der Waals surface area contributed by atoms with Gasteiger partial charge < -0.3 is 5.11 Å². The summed E-state index contributed by atoms with van der Waals surface area (Å²) in [5.41, 5.74) is 4.24. The molecule has 2 aromatic rings. The van der Waals surface area contributed by atoms with Gasteiger partial charge in [0.1, 0.15) is 0 Å². The molecule has 0 saturated carbocycles. The van der Waals surface area contributed by atoms with E-state index in [9.17, 15) is 5.11 Å². The summed E-state index contributed by atoms with van der Waals surface area (Å²) >= 11 is 0. The molecule has 0 saturated heterocycles. The number of aliphatic hydroxyl groups excluding tert-OH is 1. The minimum absolute atomic E-state index is 0.147. The fourth-order valence-corrected chi connectivity index (χ4v) is 2.37. The second-order valence-corrected chi connectivity index (χ2v) is 5.09. The lowest BCUT2D eigenvalue weighted by molar-refractivity contribution is 0.153. The molecule has 0 bridgehead atoms. The van der Waals surface area contributed by atoms with E-state index in [4.69, 9.17) is 0 Å². The molecule has 0 aliphatic heterocycles. The smallest absolute Gasteiger partial charge is 0.0968 e. The number of aryl methyl sites for hydroxylation is 1. The molecule has 0 amide bonds. The van der Waals surface area contributed by atoms with Crippen molar-refractivity contribution in [1.82, 2.24) is 0 Å². The third-order valence-electron chi connectivity index (χ3n) is 3.57. The van der Waals surface area contributed by atoms with Gasteiger partial charge in [-0.2, -0.15) is 0 Å². The Kier molecular flexibility index (Phi) is 3.41. The SMILES string of the molecule is Cc1ccc(C#C[C@H]2C=Cc3ccccc3[C@H]2O)cc1. The summed E-state index contributed by atoms with van der Waals surface area (Å²) in [6, 6.07) is 16.0. The van der Waals surface area contributed by atoms with Crippen LogP contribution in [0.5, 0.6) is 0 Å². The molecule has 3 rings (SSSR count). The summed E-state index contributed by atoms with van der Waals surface area (Å²) < 4.78 is 0. The molecule has 0 spiro atoms. The second-order valence-electron chi connectivity index (χ2n) is 5.09. The number of aliphatic hydroxyl groups is 1. The molecule has 1 aliphatic rings. The first-order chi connectivity index (χ1) is 9.74. The Hall–Kier alpha value is -2.30. The van der Waals surface area contributed by atoms with Gasteiger partial charge in [0.15, 0.2) is 0 Å². The van der Waals surface area contributed by atoms with E-state index in [0.29, 0.717) is 0 Å². The first-order valence-corrected chi connectivity index (χ1v) is 6.77. The summed E-state index contributed by atoms with van der Waals surface area (Å²) in [5, 5.41) is 10.4. The van der Waals surface area contributed by atoms with Crippen molar-refractivity contribution in [2.75, 3.05) is 0 Å². The first-order valence-electron chi connectivity index (χ1n) is 6.77. The van der Waals surface area contributed by atoms with Gasteiger partial charge in [-0.05, 0) is 30.2 Å². The van der Waals surface area contributed by atoms with Gasteiger partial charge in [0.05, 0.1) is 12.0 Å². The van der Waals surface area contributed by atoms with Crippen molar-refractivity contribution in [3.63, 3.8) is 0 Å². The first kappa shape index (κ1) is 12.7. The minimum atomic E-state index is -0.547. The maximum Gasteiger partial charge on any atom is 0.0968 e. The highest BCUT2D eigenvalue weighted by molar-refractivity contribution is 5.59. The van der Waals surface area contributed by atoms with Crippen LogP contribution in [0.2, 0.25) is 0 Å². The zero-order chi connectivity index (χ0) is 13.9. The summed E-state index contributed by atoms with van der Waals surface area (Å²) in [5.74, 6) is 6.16. The van der Waals surface area contributed by atoms with Crippen molar-refractivity contribution in [2.45, 2.75) is 13.0 Å². The van der Waals surface area contributed by atoms with Crippen molar-refractivity contribution in [2.24, 2.45) is 5.92 Å². The molecule has 0 aromatic heterocycles. The van der Waals surface area contributed by atoms with E-state index in [-0.39, 0.29) is 5.92 Å². The molecular formula is C19H16O. The maximum absolute atomic E-state index is 10.4. The van der Waals surface area contributed by atoms with Crippen LogP contribution in [0.3, 0.4) is 0 Å². The molecule has 0 unspecified atom stereocenters. The van der Waals surface area contributed by atoms with Crippen molar-refractivity contribution < 1.29 is 5.11 Å². The van der Waals surface area contributed by atoms with Crippen molar-refractivity contribution in [3.05, 3.63) is 76.9 Å². The third-order valence-corrected chi connectivity index (χ3v) is 3.57. The van der Waals surface area contributed by atoms with Crippen LogP contribution in [-0.2, 0) is 0 Å². The van der Waals surface area contributed by atoms with Gasteiger partial charge in [0, 0.05) is 5.56 Å².